The van der Waals surface area contributed by atoms with Crippen LogP contribution >= 0.6 is 11.6 Å². The summed E-state index contributed by atoms with van der Waals surface area (Å²) in [6.07, 6.45) is 0. The standard InChI is InChI=1S/C16H14ClNO4S/c1-2-23(20,21)12-7-8-14-15(9-12)22-16(19)18(14)10-11-5-3-4-6-13(11)17/h3-9H,2,10H2,1H3. The highest BCUT2D eigenvalue weighted by molar-refractivity contribution is 7.91. The Bertz CT molecular complexity index is 1030. The first kappa shape index (κ1) is 15.8. The molecule has 0 saturated carbocycles. The summed E-state index contributed by atoms with van der Waals surface area (Å²) >= 11 is 6.12. The molecule has 1 heterocycles. The van der Waals surface area contributed by atoms with E-state index >= 15 is 0 Å². The van der Waals surface area contributed by atoms with Gasteiger partial charge in [-0.3, -0.25) is 4.57 Å². The molecule has 2 aromatic carbocycles. The van der Waals surface area contributed by atoms with Crippen LogP contribution in [0.1, 0.15) is 12.5 Å². The molecule has 7 heteroatoms. The van der Waals surface area contributed by atoms with Crippen LogP contribution in [0.15, 0.2) is 56.6 Å². The summed E-state index contributed by atoms with van der Waals surface area (Å²) in [5, 5.41) is 0.555. The van der Waals surface area contributed by atoms with Gasteiger partial charge in [-0.15, -0.1) is 0 Å². The molecule has 0 N–H and O–H groups in total. The van der Waals surface area contributed by atoms with Crippen molar-refractivity contribution in [1.82, 2.24) is 4.57 Å². The van der Waals surface area contributed by atoms with Gasteiger partial charge in [0.15, 0.2) is 15.4 Å². The number of aromatic nitrogens is 1. The van der Waals surface area contributed by atoms with Crippen molar-refractivity contribution < 1.29 is 12.8 Å². The van der Waals surface area contributed by atoms with Gasteiger partial charge in [0, 0.05) is 11.1 Å². The molecule has 0 atom stereocenters. The smallest absolute Gasteiger partial charge is 0.408 e. The summed E-state index contributed by atoms with van der Waals surface area (Å²) in [6.45, 7) is 1.82. The molecule has 0 aliphatic rings. The fraction of sp³-hybridized carbons (Fsp3) is 0.188. The first-order chi connectivity index (χ1) is 10.9. The molecule has 0 spiro atoms. The van der Waals surface area contributed by atoms with Gasteiger partial charge in [-0.2, -0.15) is 0 Å². The molecule has 1 aromatic heterocycles. The Morgan fingerprint density at radius 3 is 2.61 bits per heavy atom. The van der Waals surface area contributed by atoms with Crippen LogP contribution in [0, 0.1) is 0 Å². The molecule has 0 saturated heterocycles. The number of rotatable bonds is 4. The summed E-state index contributed by atoms with van der Waals surface area (Å²) in [4.78, 5) is 12.2. The highest BCUT2D eigenvalue weighted by atomic mass is 35.5. The van der Waals surface area contributed by atoms with Crippen molar-refractivity contribution in [2.75, 3.05) is 5.75 Å². The predicted molar refractivity (Wildman–Crippen MR) is 88.8 cm³/mol. The second-order valence-electron chi connectivity index (χ2n) is 5.08. The van der Waals surface area contributed by atoms with Gasteiger partial charge >= 0.3 is 5.76 Å². The second-order valence-corrected chi connectivity index (χ2v) is 7.76. The number of oxazole rings is 1. The highest BCUT2D eigenvalue weighted by Gasteiger charge is 2.16. The molecule has 0 aliphatic heterocycles. The van der Waals surface area contributed by atoms with E-state index in [0.29, 0.717) is 10.5 Å². The van der Waals surface area contributed by atoms with Crippen LogP contribution in [-0.2, 0) is 16.4 Å². The number of sulfone groups is 1. The Balaban J connectivity index is 2.11. The van der Waals surface area contributed by atoms with Gasteiger partial charge in [-0.1, -0.05) is 36.7 Å². The van der Waals surface area contributed by atoms with Crippen molar-refractivity contribution >= 4 is 32.5 Å². The Kier molecular flexibility index (Phi) is 4.04. The van der Waals surface area contributed by atoms with Crippen LogP contribution in [0.5, 0.6) is 0 Å². The molecule has 0 radical (unpaired) electrons. The number of benzene rings is 2. The molecule has 0 unspecified atom stereocenters. The Morgan fingerprint density at radius 2 is 1.91 bits per heavy atom. The molecule has 5 nitrogen and oxygen atoms in total. The zero-order valence-corrected chi connectivity index (χ0v) is 13.9. The van der Waals surface area contributed by atoms with Crippen molar-refractivity contribution in [3.63, 3.8) is 0 Å². The van der Waals surface area contributed by atoms with Crippen molar-refractivity contribution in [3.05, 3.63) is 63.6 Å². The maximum atomic E-state index is 12.1. The van der Waals surface area contributed by atoms with Gasteiger partial charge in [0.05, 0.1) is 22.7 Å². The summed E-state index contributed by atoms with van der Waals surface area (Å²) in [5.41, 5.74) is 1.56. The van der Waals surface area contributed by atoms with Crippen LogP contribution in [0.2, 0.25) is 5.02 Å². The lowest BCUT2D eigenvalue weighted by molar-refractivity contribution is 0.517. The van der Waals surface area contributed by atoms with E-state index in [2.05, 4.69) is 0 Å². The van der Waals surface area contributed by atoms with Gasteiger partial charge < -0.3 is 4.42 Å². The van der Waals surface area contributed by atoms with E-state index in [1.54, 1.807) is 19.1 Å². The topological polar surface area (TPSA) is 69.3 Å². The van der Waals surface area contributed by atoms with E-state index in [1.165, 1.54) is 16.7 Å². The summed E-state index contributed by atoms with van der Waals surface area (Å²) in [5.74, 6) is -0.561. The molecule has 0 bridgehead atoms. The number of nitrogens with zero attached hydrogens (tertiary/aromatic N) is 1. The zero-order valence-electron chi connectivity index (χ0n) is 12.3. The normalized spacial score (nSPS) is 11.9. The molecule has 0 aliphatic carbocycles. The molecule has 120 valence electrons. The van der Waals surface area contributed by atoms with Gasteiger partial charge in [0.2, 0.25) is 0 Å². The van der Waals surface area contributed by atoms with Gasteiger partial charge in [0.25, 0.3) is 0 Å². The maximum Gasteiger partial charge on any atom is 0.420 e. The number of halogens is 1. The Morgan fingerprint density at radius 1 is 1.17 bits per heavy atom. The van der Waals surface area contributed by atoms with Crippen LogP contribution in [-0.4, -0.2) is 18.7 Å². The largest absolute Gasteiger partial charge is 0.420 e. The second kappa shape index (κ2) is 5.86. The molecule has 0 amide bonds. The van der Waals surface area contributed by atoms with Crippen LogP contribution in [0.25, 0.3) is 11.1 Å². The summed E-state index contributed by atoms with van der Waals surface area (Å²) in [6, 6.07) is 11.7. The van der Waals surface area contributed by atoms with E-state index in [4.69, 9.17) is 16.0 Å². The van der Waals surface area contributed by atoms with Crippen LogP contribution in [0.3, 0.4) is 0 Å². The van der Waals surface area contributed by atoms with Gasteiger partial charge in [0.1, 0.15) is 0 Å². The van der Waals surface area contributed by atoms with Crippen LogP contribution < -0.4 is 5.76 Å². The van der Waals surface area contributed by atoms with Gasteiger partial charge in [-0.25, -0.2) is 13.2 Å². The predicted octanol–water partition coefficient (Wildman–Crippen LogP) is 3.09. The highest BCUT2D eigenvalue weighted by Crippen LogP contribution is 2.22. The number of hydrogen-bond donors (Lipinski definition) is 0. The van der Waals surface area contributed by atoms with E-state index in [-0.39, 0.29) is 22.8 Å². The molecule has 23 heavy (non-hydrogen) atoms. The lowest BCUT2D eigenvalue weighted by atomic mass is 10.2. The lowest BCUT2D eigenvalue weighted by Gasteiger charge is -2.05. The third-order valence-corrected chi connectivity index (χ3v) is 5.77. The Hall–Kier alpha value is -2.05. The number of hydrogen-bond acceptors (Lipinski definition) is 4. The SMILES string of the molecule is CCS(=O)(=O)c1ccc2c(c1)oc(=O)n2Cc1ccccc1Cl. The first-order valence-corrected chi connectivity index (χ1v) is 9.05. The molecule has 3 rings (SSSR count). The average Bonchev–Trinajstić information content (AvgIpc) is 2.84. The first-order valence-electron chi connectivity index (χ1n) is 7.02. The van der Waals surface area contributed by atoms with E-state index in [9.17, 15) is 13.2 Å². The van der Waals surface area contributed by atoms with E-state index in [1.807, 2.05) is 18.2 Å². The Labute approximate surface area is 138 Å². The maximum absolute atomic E-state index is 12.1. The van der Waals surface area contributed by atoms with Crippen molar-refractivity contribution in [2.45, 2.75) is 18.4 Å². The minimum atomic E-state index is -3.35. The van der Waals surface area contributed by atoms with Gasteiger partial charge in [-0.05, 0) is 23.8 Å². The molecule has 0 fully saturated rings. The minimum Gasteiger partial charge on any atom is -0.408 e. The molecule has 3 aromatic rings. The third kappa shape index (κ3) is 2.92. The monoisotopic (exact) mass is 351 g/mol. The molecular formula is C16H14ClNO4S. The zero-order chi connectivity index (χ0) is 16.6. The van der Waals surface area contributed by atoms with Crippen LogP contribution in [0.4, 0.5) is 0 Å². The minimum absolute atomic E-state index is 0.0108. The fourth-order valence-electron chi connectivity index (χ4n) is 2.35. The third-order valence-electron chi connectivity index (χ3n) is 3.67. The number of fused-ring (bicyclic) bond motifs is 1. The summed E-state index contributed by atoms with van der Waals surface area (Å²) in [7, 11) is -3.35. The quantitative estimate of drug-likeness (QED) is 0.724. The molecular weight excluding hydrogens is 338 g/mol. The van der Waals surface area contributed by atoms with Crippen molar-refractivity contribution in [1.29, 1.82) is 0 Å². The fourth-order valence-corrected chi connectivity index (χ4v) is 3.44. The average molecular weight is 352 g/mol. The lowest BCUT2D eigenvalue weighted by Crippen LogP contribution is -2.15. The van der Waals surface area contributed by atoms with Crippen molar-refractivity contribution in [2.24, 2.45) is 0 Å². The van der Waals surface area contributed by atoms with Crippen molar-refractivity contribution in [3.8, 4) is 0 Å². The van der Waals surface area contributed by atoms with E-state index in [0.717, 1.165) is 5.56 Å². The van der Waals surface area contributed by atoms with E-state index < -0.39 is 15.6 Å². The summed E-state index contributed by atoms with van der Waals surface area (Å²) < 4.78 is 30.5.